The van der Waals surface area contributed by atoms with E-state index in [2.05, 4.69) is 31.1 Å². The Morgan fingerprint density at radius 2 is 1.88 bits per heavy atom. The molecule has 1 N–H and O–H groups in total. The maximum Gasteiger partial charge on any atom is 0.246 e. The Bertz CT molecular complexity index is 491. The quantitative estimate of drug-likeness (QED) is 0.829. The van der Waals surface area contributed by atoms with Crippen LogP contribution in [0.3, 0.4) is 0 Å². The van der Waals surface area contributed by atoms with E-state index in [1.54, 1.807) is 0 Å². The molecule has 3 fully saturated rings. The van der Waals surface area contributed by atoms with Crippen LogP contribution in [0.5, 0.6) is 0 Å². The molecule has 1 saturated carbocycles. The van der Waals surface area contributed by atoms with Crippen LogP contribution in [0.4, 0.5) is 0 Å². The van der Waals surface area contributed by atoms with Gasteiger partial charge in [-0.15, -0.1) is 0 Å². The second-order valence-corrected chi connectivity index (χ2v) is 8.99. The number of amides is 2. The normalized spacial score (nSPS) is 28.1. The molecule has 0 unspecified atom stereocenters. The molecule has 2 saturated heterocycles. The van der Waals surface area contributed by atoms with Gasteiger partial charge in [0.1, 0.15) is 5.54 Å². The molecule has 3 rings (SSSR count). The second-order valence-electron chi connectivity index (χ2n) is 8.99. The van der Waals surface area contributed by atoms with Gasteiger partial charge in [0.15, 0.2) is 0 Å². The van der Waals surface area contributed by atoms with E-state index >= 15 is 0 Å². The molecule has 3 aliphatic rings. The first-order valence-electron chi connectivity index (χ1n) is 10.2. The van der Waals surface area contributed by atoms with E-state index in [-0.39, 0.29) is 11.8 Å². The summed E-state index contributed by atoms with van der Waals surface area (Å²) in [5, 5.41) is 3.31. The lowest BCUT2D eigenvalue weighted by Gasteiger charge is -2.46. The molecule has 2 aliphatic heterocycles. The number of hydrogen-bond acceptors (Lipinski definition) is 3. The van der Waals surface area contributed by atoms with Crippen molar-refractivity contribution in [3.05, 3.63) is 0 Å². The molecule has 0 aromatic heterocycles. The van der Waals surface area contributed by atoms with Crippen molar-refractivity contribution in [1.29, 1.82) is 0 Å². The maximum atomic E-state index is 13.3. The molecule has 25 heavy (non-hydrogen) atoms. The van der Waals surface area contributed by atoms with Gasteiger partial charge in [0.05, 0.1) is 0 Å². The van der Waals surface area contributed by atoms with Gasteiger partial charge in [0.2, 0.25) is 11.8 Å². The van der Waals surface area contributed by atoms with Crippen molar-refractivity contribution in [2.24, 2.45) is 11.8 Å². The molecule has 5 nitrogen and oxygen atoms in total. The van der Waals surface area contributed by atoms with Crippen molar-refractivity contribution in [1.82, 2.24) is 15.1 Å². The van der Waals surface area contributed by atoms with E-state index in [1.807, 2.05) is 4.90 Å². The molecular formula is C20H35N3O2. The highest BCUT2D eigenvalue weighted by molar-refractivity contribution is 5.92. The fourth-order valence-electron chi connectivity index (χ4n) is 5.02. The Morgan fingerprint density at radius 1 is 1.24 bits per heavy atom. The first-order valence-corrected chi connectivity index (χ1v) is 10.2. The van der Waals surface area contributed by atoms with Crippen molar-refractivity contribution in [2.45, 2.75) is 76.8 Å². The average molecular weight is 350 g/mol. The van der Waals surface area contributed by atoms with Crippen molar-refractivity contribution >= 4 is 11.8 Å². The molecule has 0 bridgehead atoms. The molecule has 0 aromatic carbocycles. The summed E-state index contributed by atoms with van der Waals surface area (Å²) < 4.78 is 0. The van der Waals surface area contributed by atoms with Crippen LogP contribution in [0.15, 0.2) is 0 Å². The van der Waals surface area contributed by atoms with Crippen LogP contribution in [-0.2, 0) is 9.59 Å². The van der Waals surface area contributed by atoms with Gasteiger partial charge < -0.3 is 15.1 Å². The summed E-state index contributed by atoms with van der Waals surface area (Å²) in [6, 6.07) is 0.313. The number of carbonyl (C=O) groups is 2. The third-order valence-corrected chi connectivity index (χ3v) is 6.45. The smallest absolute Gasteiger partial charge is 0.246 e. The van der Waals surface area contributed by atoms with Gasteiger partial charge in [-0.05, 0) is 51.0 Å². The Kier molecular flexibility index (Phi) is 5.71. The van der Waals surface area contributed by atoms with Crippen LogP contribution < -0.4 is 5.32 Å². The Labute approximate surface area is 152 Å². The number of piperidine rings is 1. The van der Waals surface area contributed by atoms with Crippen LogP contribution in [0.2, 0.25) is 0 Å². The van der Waals surface area contributed by atoms with E-state index in [1.165, 1.54) is 12.8 Å². The molecule has 142 valence electrons. The number of nitrogens with zero attached hydrogens (tertiary/aromatic N) is 2. The molecule has 1 aliphatic carbocycles. The third-order valence-electron chi connectivity index (χ3n) is 6.45. The van der Waals surface area contributed by atoms with Crippen molar-refractivity contribution < 1.29 is 9.59 Å². The zero-order valence-corrected chi connectivity index (χ0v) is 16.2. The SMILES string of the molecule is CC(C)C[C@@H]1CC(=O)N(C2(C(=O)NC3CCCC3)CCN(C)CC2)C1. The number of likely N-dealkylation sites (tertiary alicyclic amines) is 2. The summed E-state index contributed by atoms with van der Waals surface area (Å²) in [5.74, 6) is 1.31. The Balaban J connectivity index is 1.76. The standard InChI is InChI=1S/C20H35N3O2/c1-15(2)12-16-13-18(24)23(14-16)20(8-10-22(3)11-9-20)19(25)21-17-6-4-5-7-17/h15-17H,4-14H2,1-3H3,(H,21,25)/t16-/m1/s1. The summed E-state index contributed by atoms with van der Waals surface area (Å²) in [7, 11) is 2.10. The first-order chi connectivity index (χ1) is 11.9. The highest BCUT2D eigenvalue weighted by atomic mass is 16.2. The fraction of sp³-hybridized carbons (Fsp3) is 0.900. The van der Waals surface area contributed by atoms with E-state index in [9.17, 15) is 9.59 Å². The monoisotopic (exact) mass is 349 g/mol. The van der Waals surface area contributed by atoms with Gasteiger partial charge >= 0.3 is 0 Å². The van der Waals surface area contributed by atoms with Crippen LogP contribution in [0.25, 0.3) is 0 Å². The van der Waals surface area contributed by atoms with Gasteiger partial charge in [-0.1, -0.05) is 26.7 Å². The minimum Gasteiger partial charge on any atom is -0.351 e. The topological polar surface area (TPSA) is 52.7 Å². The lowest BCUT2D eigenvalue weighted by molar-refractivity contribution is -0.148. The highest BCUT2D eigenvalue weighted by Gasteiger charge is 2.51. The average Bonchev–Trinajstić information content (AvgIpc) is 3.18. The number of rotatable bonds is 5. The summed E-state index contributed by atoms with van der Waals surface area (Å²) in [4.78, 5) is 30.4. The molecule has 0 spiro atoms. The van der Waals surface area contributed by atoms with Gasteiger partial charge in [-0.2, -0.15) is 0 Å². The van der Waals surface area contributed by atoms with E-state index in [4.69, 9.17) is 0 Å². The van der Waals surface area contributed by atoms with Crippen LogP contribution >= 0.6 is 0 Å². The molecule has 5 heteroatoms. The molecule has 2 heterocycles. The minimum atomic E-state index is -0.613. The van der Waals surface area contributed by atoms with Gasteiger partial charge in [0.25, 0.3) is 0 Å². The number of nitrogens with one attached hydrogen (secondary N) is 1. The largest absolute Gasteiger partial charge is 0.351 e. The second kappa shape index (κ2) is 7.65. The molecule has 1 atom stereocenters. The zero-order chi connectivity index (χ0) is 18.0. The summed E-state index contributed by atoms with van der Waals surface area (Å²) >= 11 is 0. The lowest BCUT2D eigenvalue weighted by Crippen LogP contribution is -2.64. The van der Waals surface area contributed by atoms with E-state index in [0.29, 0.717) is 24.3 Å². The maximum absolute atomic E-state index is 13.3. The summed E-state index contributed by atoms with van der Waals surface area (Å²) in [6.45, 7) is 6.96. The van der Waals surface area contributed by atoms with Crippen molar-refractivity contribution in [3.8, 4) is 0 Å². The van der Waals surface area contributed by atoms with Gasteiger partial charge in [-0.3, -0.25) is 9.59 Å². The predicted molar refractivity (Wildman–Crippen MR) is 99.1 cm³/mol. The van der Waals surface area contributed by atoms with Gasteiger partial charge in [0, 0.05) is 32.1 Å². The van der Waals surface area contributed by atoms with Gasteiger partial charge in [-0.25, -0.2) is 0 Å². The predicted octanol–water partition coefficient (Wildman–Crippen LogP) is 2.40. The summed E-state index contributed by atoms with van der Waals surface area (Å²) in [5.41, 5.74) is -0.613. The van der Waals surface area contributed by atoms with Crippen LogP contribution in [0, 0.1) is 11.8 Å². The summed E-state index contributed by atoms with van der Waals surface area (Å²) in [6.07, 6.45) is 7.82. The molecule has 0 radical (unpaired) electrons. The van der Waals surface area contributed by atoms with E-state index < -0.39 is 5.54 Å². The molecule has 2 amide bonds. The minimum absolute atomic E-state index is 0.117. The van der Waals surface area contributed by atoms with E-state index in [0.717, 1.165) is 51.7 Å². The zero-order valence-electron chi connectivity index (χ0n) is 16.2. The molecule has 0 aromatic rings. The number of hydrogen-bond donors (Lipinski definition) is 1. The van der Waals surface area contributed by atoms with Crippen molar-refractivity contribution in [2.75, 3.05) is 26.7 Å². The third kappa shape index (κ3) is 4.02. The molecular weight excluding hydrogens is 314 g/mol. The Hall–Kier alpha value is -1.10. The number of carbonyl (C=O) groups excluding carboxylic acids is 2. The first kappa shape index (κ1) is 18.7. The lowest BCUT2D eigenvalue weighted by atomic mass is 9.84. The highest BCUT2D eigenvalue weighted by Crippen LogP contribution is 2.36. The Morgan fingerprint density at radius 3 is 2.48 bits per heavy atom. The van der Waals surface area contributed by atoms with Crippen LogP contribution in [-0.4, -0.2) is 59.9 Å². The van der Waals surface area contributed by atoms with Crippen LogP contribution in [0.1, 0.15) is 65.2 Å². The fourth-order valence-corrected chi connectivity index (χ4v) is 5.02. The van der Waals surface area contributed by atoms with Crippen molar-refractivity contribution in [3.63, 3.8) is 0 Å².